The Hall–Kier alpha value is -1.29. The summed E-state index contributed by atoms with van der Waals surface area (Å²) in [6.07, 6.45) is 3.82. The van der Waals surface area contributed by atoms with Crippen molar-refractivity contribution in [2.75, 3.05) is 31.2 Å². The highest BCUT2D eigenvalue weighted by molar-refractivity contribution is 5.65. The molecule has 0 saturated carbocycles. The Balaban J connectivity index is 2.33. The van der Waals surface area contributed by atoms with Gasteiger partial charge in [0.25, 0.3) is 0 Å². The van der Waals surface area contributed by atoms with Gasteiger partial charge in [-0.3, -0.25) is 9.36 Å². The van der Waals surface area contributed by atoms with Crippen LogP contribution < -0.4 is 4.90 Å². The fourth-order valence-electron chi connectivity index (χ4n) is 2.06. The van der Waals surface area contributed by atoms with Gasteiger partial charge in [-0.1, -0.05) is 0 Å². The zero-order chi connectivity index (χ0) is 10.8. The number of aromatic nitrogens is 1. The number of carbonyl (C=O) groups excluding carboxylic acids is 1. The lowest BCUT2D eigenvalue weighted by molar-refractivity contribution is 0.122. The summed E-state index contributed by atoms with van der Waals surface area (Å²) in [5.41, 5.74) is 3.12. The molecule has 1 aliphatic rings. The molecule has 1 radical (unpaired) electrons. The van der Waals surface area contributed by atoms with Gasteiger partial charge in [0.1, 0.15) is 0 Å². The summed E-state index contributed by atoms with van der Waals surface area (Å²) < 4.78 is 6.82. The maximum atomic E-state index is 10.8. The molecule has 1 aromatic rings. The average molecular weight is 207 g/mol. The number of carbonyl (C=O) groups is 1. The highest BCUT2D eigenvalue weighted by Crippen LogP contribution is 2.26. The normalized spacial score (nSPS) is 16.8. The van der Waals surface area contributed by atoms with E-state index >= 15 is 0 Å². The van der Waals surface area contributed by atoms with Crippen LogP contribution in [0.25, 0.3) is 0 Å². The smallest absolute Gasteiger partial charge is 0.218 e. The number of aryl methyl sites for hydroxylation is 1. The van der Waals surface area contributed by atoms with E-state index in [9.17, 15) is 4.79 Å². The number of morpholine rings is 1. The van der Waals surface area contributed by atoms with Gasteiger partial charge in [0, 0.05) is 24.3 Å². The zero-order valence-electron chi connectivity index (χ0n) is 9.12. The predicted octanol–water partition coefficient (Wildman–Crippen LogP) is 0.780. The van der Waals surface area contributed by atoms with E-state index in [0.717, 1.165) is 49.7 Å². The molecular weight excluding hydrogens is 192 g/mol. The molecule has 1 fully saturated rings. The Morgan fingerprint density at radius 1 is 1.33 bits per heavy atom. The van der Waals surface area contributed by atoms with E-state index in [0.29, 0.717) is 0 Å². The van der Waals surface area contributed by atoms with E-state index < -0.39 is 0 Å². The first-order chi connectivity index (χ1) is 7.24. The van der Waals surface area contributed by atoms with Crippen LogP contribution in [0.3, 0.4) is 0 Å². The fraction of sp³-hybridized carbons (Fsp3) is 0.545. The van der Waals surface area contributed by atoms with Crippen LogP contribution >= 0.6 is 0 Å². The topological polar surface area (TPSA) is 34.5 Å². The molecule has 1 aromatic heterocycles. The number of ether oxygens (including phenoxy) is 1. The highest BCUT2D eigenvalue weighted by Gasteiger charge is 2.18. The molecule has 0 bridgehead atoms. The molecule has 0 spiro atoms. The number of hydrogen-bond acceptors (Lipinski definition) is 3. The Morgan fingerprint density at radius 2 is 2.00 bits per heavy atom. The van der Waals surface area contributed by atoms with Crippen LogP contribution in [-0.4, -0.2) is 37.3 Å². The molecule has 81 valence electrons. The number of anilines is 1. The van der Waals surface area contributed by atoms with Gasteiger partial charge < -0.3 is 9.64 Å². The van der Waals surface area contributed by atoms with Crippen LogP contribution in [0.1, 0.15) is 11.3 Å². The first kappa shape index (κ1) is 10.2. The van der Waals surface area contributed by atoms with E-state index in [2.05, 4.69) is 11.1 Å². The fourth-order valence-corrected chi connectivity index (χ4v) is 2.06. The molecule has 0 N–H and O–H groups in total. The molecule has 2 heterocycles. The first-order valence-corrected chi connectivity index (χ1v) is 5.12. The van der Waals surface area contributed by atoms with Gasteiger partial charge in [0.15, 0.2) is 0 Å². The SMILES string of the molecule is Cc1[c]n(C=O)c(C)c1N1CCOCC1. The molecule has 0 unspecified atom stereocenters. The van der Waals surface area contributed by atoms with Crippen molar-refractivity contribution < 1.29 is 9.53 Å². The van der Waals surface area contributed by atoms with E-state index in [-0.39, 0.29) is 0 Å². The number of rotatable bonds is 2. The van der Waals surface area contributed by atoms with Gasteiger partial charge in [0.05, 0.1) is 25.1 Å². The van der Waals surface area contributed by atoms with Crippen molar-refractivity contribution in [1.29, 1.82) is 0 Å². The van der Waals surface area contributed by atoms with E-state index in [4.69, 9.17) is 4.74 Å². The van der Waals surface area contributed by atoms with Gasteiger partial charge in [-0.25, -0.2) is 0 Å². The average Bonchev–Trinajstić information content (AvgIpc) is 2.55. The van der Waals surface area contributed by atoms with Gasteiger partial charge in [-0.2, -0.15) is 0 Å². The third kappa shape index (κ3) is 1.77. The second-order valence-electron chi connectivity index (χ2n) is 3.75. The predicted molar refractivity (Wildman–Crippen MR) is 57.9 cm³/mol. The van der Waals surface area contributed by atoms with Crippen molar-refractivity contribution in [2.45, 2.75) is 13.8 Å². The molecule has 0 amide bonds. The molecule has 1 aliphatic heterocycles. The summed E-state index contributed by atoms with van der Waals surface area (Å²) in [7, 11) is 0. The Morgan fingerprint density at radius 3 is 2.53 bits per heavy atom. The quantitative estimate of drug-likeness (QED) is 0.672. The van der Waals surface area contributed by atoms with Crippen molar-refractivity contribution in [3.8, 4) is 0 Å². The van der Waals surface area contributed by atoms with Crippen LogP contribution in [0.15, 0.2) is 0 Å². The van der Waals surface area contributed by atoms with Crippen LogP contribution in [0.5, 0.6) is 0 Å². The van der Waals surface area contributed by atoms with Crippen LogP contribution in [0, 0.1) is 20.0 Å². The first-order valence-electron chi connectivity index (χ1n) is 5.12. The number of nitrogens with zero attached hydrogens (tertiary/aromatic N) is 2. The summed E-state index contributed by atoms with van der Waals surface area (Å²) in [5, 5.41) is 0. The molecule has 4 nitrogen and oxygen atoms in total. The molecule has 0 atom stereocenters. The lowest BCUT2D eigenvalue weighted by Gasteiger charge is -2.29. The maximum absolute atomic E-state index is 10.8. The third-order valence-electron chi connectivity index (χ3n) is 2.78. The standard InChI is InChI=1S/C11H15N2O2/c1-9-7-13(8-14)10(2)11(9)12-3-5-15-6-4-12/h8H,3-6H2,1-2H3. The Kier molecular flexibility index (Phi) is 2.77. The van der Waals surface area contributed by atoms with Crippen molar-refractivity contribution in [2.24, 2.45) is 0 Å². The van der Waals surface area contributed by atoms with Gasteiger partial charge in [-0.15, -0.1) is 0 Å². The van der Waals surface area contributed by atoms with Crippen LogP contribution in [-0.2, 0) is 9.53 Å². The lowest BCUT2D eigenvalue weighted by atomic mass is 10.2. The van der Waals surface area contributed by atoms with Gasteiger partial charge >= 0.3 is 0 Å². The molecule has 1 saturated heterocycles. The summed E-state index contributed by atoms with van der Waals surface area (Å²) in [5.74, 6) is 0. The van der Waals surface area contributed by atoms with Crippen molar-refractivity contribution in [3.63, 3.8) is 0 Å². The summed E-state index contributed by atoms with van der Waals surface area (Å²) in [6, 6.07) is 0. The lowest BCUT2D eigenvalue weighted by Crippen LogP contribution is -2.36. The van der Waals surface area contributed by atoms with Gasteiger partial charge in [0.2, 0.25) is 6.41 Å². The monoisotopic (exact) mass is 207 g/mol. The molecular formula is C11H15N2O2. The minimum Gasteiger partial charge on any atom is -0.378 e. The summed E-state index contributed by atoms with van der Waals surface area (Å²) >= 11 is 0. The van der Waals surface area contributed by atoms with E-state index in [1.807, 2.05) is 13.8 Å². The second kappa shape index (κ2) is 4.06. The summed E-state index contributed by atoms with van der Waals surface area (Å²) in [4.78, 5) is 13.0. The zero-order valence-corrected chi connectivity index (χ0v) is 9.12. The van der Waals surface area contributed by atoms with Crippen molar-refractivity contribution in [3.05, 3.63) is 17.5 Å². The molecule has 2 rings (SSSR count). The largest absolute Gasteiger partial charge is 0.378 e. The van der Waals surface area contributed by atoms with Crippen molar-refractivity contribution in [1.82, 2.24) is 4.57 Å². The van der Waals surface area contributed by atoms with Crippen LogP contribution in [0.2, 0.25) is 0 Å². The molecule has 4 heteroatoms. The van der Waals surface area contributed by atoms with Gasteiger partial charge in [-0.05, 0) is 13.8 Å². The third-order valence-corrected chi connectivity index (χ3v) is 2.78. The number of hydrogen-bond donors (Lipinski definition) is 0. The van der Waals surface area contributed by atoms with Crippen LogP contribution in [0.4, 0.5) is 5.69 Å². The molecule has 0 aliphatic carbocycles. The Bertz CT molecular complexity index is 365. The minimum absolute atomic E-state index is 0.755. The Labute approximate surface area is 89.4 Å². The molecule has 15 heavy (non-hydrogen) atoms. The molecule has 0 aromatic carbocycles. The van der Waals surface area contributed by atoms with Crippen molar-refractivity contribution >= 4 is 12.1 Å². The second-order valence-corrected chi connectivity index (χ2v) is 3.75. The summed E-state index contributed by atoms with van der Waals surface area (Å²) in [6.45, 7) is 7.22. The minimum atomic E-state index is 0.755. The van der Waals surface area contributed by atoms with E-state index in [1.165, 1.54) is 4.57 Å². The highest BCUT2D eigenvalue weighted by atomic mass is 16.5. The maximum Gasteiger partial charge on any atom is 0.218 e. The van der Waals surface area contributed by atoms with E-state index in [1.54, 1.807) is 0 Å².